The predicted molar refractivity (Wildman–Crippen MR) is 101 cm³/mol. The van der Waals surface area contributed by atoms with Crippen molar-refractivity contribution in [1.29, 1.82) is 0 Å². The van der Waals surface area contributed by atoms with E-state index in [9.17, 15) is 0 Å². The summed E-state index contributed by atoms with van der Waals surface area (Å²) in [4.78, 5) is 0. The Bertz CT molecular complexity index is 948. The molecule has 0 amide bonds. The Morgan fingerprint density at radius 3 is 2.22 bits per heavy atom. The molecule has 3 heteroatoms. The first-order valence-electron chi connectivity index (χ1n) is 8.17. The van der Waals surface area contributed by atoms with Crippen LogP contribution in [0.15, 0.2) is 66.7 Å². The molecule has 2 aliphatic rings. The van der Waals surface area contributed by atoms with E-state index >= 15 is 0 Å². The number of hydrogen-bond donors (Lipinski definition) is 0. The number of hydrogen-bond acceptors (Lipinski definition) is 1. The van der Waals surface area contributed by atoms with E-state index in [4.69, 9.17) is 4.74 Å². The average molecular weight is 312 g/mol. The van der Waals surface area contributed by atoms with E-state index in [1.54, 1.807) is 5.19 Å². The highest BCUT2D eigenvalue weighted by Crippen LogP contribution is 2.25. The lowest BCUT2D eigenvalue weighted by Crippen LogP contribution is -2.77. The monoisotopic (exact) mass is 312 g/mol. The Balaban J connectivity index is 1.92. The molecule has 0 saturated carbocycles. The third-order valence-electron chi connectivity index (χ3n) is 5.42. The second-order valence-corrected chi connectivity index (χ2v) is 11.3. The minimum absolute atomic E-state index is 0.308. The van der Waals surface area contributed by atoms with E-state index in [0.29, 0.717) is 6.71 Å². The molecule has 1 nitrogen and oxygen atoms in total. The lowest BCUT2D eigenvalue weighted by Gasteiger charge is -2.40. The van der Waals surface area contributed by atoms with Gasteiger partial charge >= 0.3 is 0 Å². The van der Waals surface area contributed by atoms with Crippen LogP contribution < -0.4 is 31.5 Å². The maximum Gasteiger partial charge on any atom is 0.250 e. The summed E-state index contributed by atoms with van der Waals surface area (Å²) in [5.41, 5.74) is 4.17. The summed E-state index contributed by atoms with van der Waals surface area (Å²) < 4.78 is 6.25. The zero-order valence-corrected chi connectivity index (χ0v) is 14.3. The first kappa shape index (κ1) is 13.2. The maximum absolute atomic E-state index is 6.25. The molecule has 0 fully saturated rings. The summed E-state index contributed by atoms with van der Waals surface area (Å²) in [5.74, 6) is 2.04. The van der Waals surface area contributed by atoms with Gasteiger partial charge in [0.25, 0.3) is 6.71 Å². The molecule has 3 aromatic carbocycles. The molecule has 0 radical (unpaired) electrons. The number of para-hydroxylation sites is 1. The van der Waals surface area contributed by atoms with Gasteiger partial charge in [-0.05, 0) is 23.1 Å². The van der Waals surface area contributed by atoms with Crippen molar-refractivity contribution in [3.8, 4) is 11.5 Å². The van der Waals surface area contributed by atoms with Gasteiger partial charge in [0.2, 0.25) is 0 Å². The standard InChI is InChI=1S/C20H17BOSi/c1-23(2)18-12-6-4-9-15(18)21-14-8-3-5-10-16(14)22-17-11-7-13-19(23)20(17)21/h3-13H,1-2H3. The first-order chi connectivity index (χ1) is 11.2. The fourth-order valence-corrected chi connectivity index (χ4v) is 7.55. The minimum Gasteiger partial charge on any atom is -0.458 e. The molecule has 0 unspecified atom stereocenters. The molecule has 0 aliphatic carbocycles. The van der Waals surface area contributed by atoms with Crippen molar-refractivity contribution in [2.24, 2.45) is 0 Å². The van der Waals surface area contributed by atoms with E-state index in [0.717, 1.165) is 11.5 Å². The van der Waals surface area contributed by atoms with Gasteiger partial charge in [0.05, 0.1) is 0 Å². The molecular weight excluding hydrogens is 295 g/mol. The summed E-state index contributed by atoms with van der Waals surface area (Å²) in [6, 6.07) is 24.1. The zero-order chi connectivity index (χ0) is 15.6. The number of rotatable bonds is 0. The predicted octanol–water partition coefficient (Wildman–Crippen LogP) is 1.44. The number of ether oxygens (including phenoxy) is 1. The largest absolute Gasteiger partial charge is 0.458 e. The lowest BCUT2D eigenvalue weighted by atomic mass is 9.35. The smallest absolute Gasteiger partial charge is 0.250 e. The van der Waals surface area contributed by atoms with E-state index in [1.807, 2.05) is 0 Å². The van der Waals surface area contributed by atoms with Gasteiger partial charge in [-0.25, -0.2) is 0 Å². The third-order valence-corrected chi connectivity index (χ3v) is 9.01. The molecule has 0 spiro atoms. The maximum atomic E-state index is 6.25. The topological polar surface area (TPSA) is 9.23 Å². The summed E-state index contributed by atoms with van der Waals surface area (Å²) in [6.07, 6.45) is 0. The molecule has 0 atom stereocenters. The van der Waals surface area contributed by atoms with Gasteiger partial charge < -0.3 is 4.74 Å². The molecule has 110 valence electrons. The molecule has 0 bridgehead atoms. The van der Waals surface area contributed by atoms with E-state index < -0.39 is 8.07 Å². The molecule has 0 aromatic heterocycles. The Hall–Kier alpha value is -2.26. The van der Waals surface area contributed by atoms with Crippen LogP contribution in [0.5, 0.6) is 11.5 Å². The lowest BCUT2D eigenvalue weighted by molar-refractivity contribution is 0.488. The highest BCUT2D eigenvalue weighted by molar-refractivity contribution is 7.14. The van der Waals surface area contributed by atoms with Crippen LogP contribution in [-0.2, 0) is 0 Å². The van der Waals surface area contributed by atoms with Crippen LogP contribution in [-0.4, -0.2) is 14.8 Å². The van der Waals surface area contributed by atoms with Crippen LogP contribution in [0.25, 0.3) is 0 Å². The SMILES string of the molecule is C[Si]1(C)c2ccccc2B2c3ccccc3Oc3cccc1c32. The molecule has 5 rings (SSSR count). The fourth-order valence-electron chi connectivity index (χ4n) is 4.35. The second-order valence-electron chi connectivity index (χ2n) is 7.00. The van der Waals surface area contributed by atoms with Gasteiger partial charge in [0.1, 0.15) is 19.6 Å². The van der Waals surface area contributed by atoms with Crippen molar-refractivity contribution in [1.82, 2.24) is 0 Å². The van der Waals surface area contributed by atoms with Crippen LogP contribution >= 0.6 is 0 Å². The minimum atomic E-state index is -1.69. The Labute approximate surface area is 138 Å². The fraction of sp³-hybridized carbons (Fsp3) is 0.100. The van der Waals surface area contributed by atoms with Crippen molar-refractivity contribution in [3.05, 3.63) is 66.7 Å². The van der Waals surface area contributed by atoms with E-state index in [-0.39, 0.29) is 0 Å². The summed E-state index contributed by atoms with van der Waals surface area (Å²) >= 11 is 0. The van der Waals surface area contributed by atoms with Crippen LogP contribution in [0.2, 0.25) is 13.1 Å². The molecular formula is C20H17BOSi. The van der Waals surface area contributed by atoms with Crippen LogP contribution in [0.4, 0.5) is 0 Å². The molecule has 2 aliphatic heterocycles. The van der Waals surface area contributed by atoms with Crippen LogP contribution in [0.1, 0.15) is 0 Å². The molecule has 0 saturated heterocycles. The average Bonchev–Trinajstić information content (AvgIpc) is 2.58. The summed E-state index contributed by atoms with van der Waals surface area (Å²) in [7, 11) is -1.69. The van der Waals surface area contributed by atoms with E-state index in [1.165, 1.54) is 21.6 Å². The van der Waals surface area contributed by atoms with Gasteiger partial charge in [-0.15, -0.1) is 0 Å². The normalized spacial score (nSPS) is 16.0. The van der Waals surface area contributed by atoms with Crippen molar-refractivity contribution < 1.29 is 4.74 Å². The quantitative estimate of drug-likeness (QED) is 0.447. The highest BCUT2D eigenvalue weighted by Gasteiger charge is 2.45. The Morgan fingerprint density at radius 2 is 1.35 bits per heavy atom. The zero-order valence-electron chi connectivity index (χ0n) is 13.3. The summed E-state index contributed by atoms with van der Waals surface area (Å²) in [6.45, 7) is 5.22. The number of benzene rings is 3. The van der Waals surface area contributed by atoms with E-state index in [2.05, 4.69) is 79.8 Å². The van der Waals surface area contributed by atoms with Crippen molar-refractivity contribution in [2.45, 2.75) is 13.1 Å². The number of fused-ring (bicyclic) bond motifs is 4. The van der Waals surface area contributed by atoms with Crippen molar-refractivity contribution in [2.75, 3.05) is 0 Å². The van der Waals surface area contributed by atoms with Crippen LogP contribution in [0.3, 0.4) is 0 Å². The van der Waals surface area contributed by atoms with Crippen molar-refractivity contribution in [3.63, 3.8) is 0 Å². The van der Waals surface area contributed by atoms with Gasteiger partial charge in [0, 0.05) is 0 Å². The van der Waals surface area contributed by atoms with Gasteiger partial charge in [-0.1, -0.05) is 83.5 Å². The molecule has 2 heterocycles. The Kier molecular flexibility index (Phi) is 2.52. The van der Waals surface area contributed by atoms with Gasteiger partial charge in [0.15, 0.2) is 0 Å². The Morgan fingerprint density at radius 1 is 0.696 bits per heavy atom. The summed E-state index contributed by atoms with van der Waals surface area (Å²) in [5, 5.41) is 3.08. The second kappa shape index (κ2) is 4.39. The van der Waals surface area contributed by atoms with Gasteiger partial charge in [-0.2, -0.15) is 0 Å². The third kappa shape index (κ3) is 1.63. The van der Waals surface area contributed by atoms with Crippen LogP contribution in [0, 0.1) is 0 Å². The molecule has 0 N–H and O–H groups in total. The first-order valence-corrected chi connectivity index (χ1v) is 11.2. The van der Waals surface area contributed by atoms with Gasteiger partial charge in [-0.3, -0.25) is 0 Å². The highest BCUT2D eigenvalue weighted by atomic mass is 28.3. The molecule has 23 heavy (non-hydrogen) atoms. The molecule has 3 aromatic rings. The van der Waals surface area contributed by atoms with Crippen molar-refractivity contribution >= 4 is 41.5 Å².